The average molecular weight is 328 g/mol. The molecule has 2 aromatic rings. The average Bonchev–Trinajstić information content (AvgIpc) is 2.48. The Morgan fingerprint density at radius 3 is 2.67 bits per heavy atom. The summed E-state index contributed by atoms with van der Waals surface area (Å²) in [7, 11) is 1.85. The van der Waals surface area contributed by atoms with E-state index >= 15 is 0 Å². The third-order valence-electron chi connectivity index (χ3n) is 3.15. The van der Waals surface area contributed by atoms with E-state index in [9.17, 15) is 8.78 Å². The maximum absolute atomic E-state index is 13.4. The topological polar surface area (TPSA) is 12.0 Å². The summed E-state index contributed by atoms with van der Waals surface area (Å²) in [6.45, 7) is 0. The lowest BCUT2D eigenvalue weighted by Gasteiger charge is -2.17. The fraction of sp³-hybridized carbons (Fsp3) is 0.250. The van der Waals surface area contributed by atoms with Gasteiger partial charge in [0.25, 0.3) is 0 Å². The van der Waals surface area contributed by atoms with Gasteiger partial charge in [0.05, 0.1) is 5.02 Å². The molecule has 0 spiro atoms. The van der Waals surface area contributed by atoms with Gasteiger partial charge >= 0.3 is 0 Å². The van der Waals surface area contributed by atoms with Crippen molar-refractivity contribution < 1.29 is 8.78 Å². The predicted octanol–water partition coefficient (Wildman–Crippen LogP) is 4.54. The molecule has 1 N–H and O–H groups in total. The highest BCUT2D eigenvalue weighted by Crippen LogP contribution is 2.24. The largest absolute Gasteiger partial charge is 0.316 e. The van der Waals surface area contributed by atoms with Gasteiger partial charge < -0.3 is 5.32 Å². The van der Waals surface area contributed by atoms with Gasteiger partial charge in [0.2, 0.25) is 0 Å². The van der Waals surface area contributed by atoms with E-state index in [1.807, 2.05) is 19.2 Å². The summed E-state index contributed by atoms with van der Waals surface area (Å²) >= 11 is 7.53. The van der Waals surface area contributed by atoms with Crippen molar-refractivity contribution in [2.75, 3.05) is 12.8 Å². The Kier molecular flexibility index (Phi) is 6.03. The summed E-state index contributed by atoms with van der Waals surface area (Å²) in [5.74, 6) is 0.100. The Labute approximate surface area is 132 Å². The number of hydrogen-bond acceptors (Lipinski definition) is 2. The van der Waals surface area contributed by atoms with Crippen LogP contribution < -0.4 is 5.32 Å². The zero-order valence-corrected chi connectivity index (χ0v) is 13.1. The van der Waals surface area contributed by atoms with E-state index in [-0.39, 0.29) is 16.9 Å². The number of likely N-dealkylation sites (N-methyl/N-ethyl adjacent to an activating group) is 1. The minimum atomic E-state index is -0.401. The molecule has 0 aliphatic heterocycles. The molecule has 21 heavy (non-hydrogen) atoms. The first kappa shape index (κ1) is 16.3. The van der Waals surface area contributed by atoms with Crippen LogP contribution in [0.3, 0.4) is 0 Å². The van der Waals surface area contributed by atoms with E-state index in [0.717, 1.165) is 16.2 Å². The molecule has 0 heterocycles. The first-order chi connectivity index (χ1) is 10.1. The van der Waals surface area contributed by atoms with Crippen molar-refractivity contribution >= 4 is 23.4 Å². The van der Waals surface area contributed by atoms with Crippen LogP contribution in [0.4, 0.5) is 8.78 Å². The van der Waals surface area contributed by atoms with Crippen molar-refractivity contribution in [2.24, 2.45) is 0 Å². The third kappa shape index (κ3) is 4.70. The zero-order valence-electron chi connectivity index (χ0n) is 11.6. The van der Waals surface area contributed by atoms with Crippen LogP contribution in [0.2, 0.25) is 5.02 Å². The highest BCUT2D eigenvalue weighted by Gasteiger charge is 2.12. The molecule has 0 aromatic heterocycles. The van der Waals surface area contributed by atoms with Gasteiger partial charge in [-0.2, -0.15) is 0 Å². The Bertz CT molecular complexity index is 607. The highest BCUT2D eigenvalue weighted by atomic mass is 35.5. The Balaban J connectivity index is 1.99. The highest BCUT2D eigenvalue weighted by molar-refractivity contribution is 7.99. The molecule has 0 saturated heterocycles. The molecule has 0 radical (unpaired) electrons. The Morgan fingerprint density at radius 1 is 1.19 bits per heavy atom. The number of benzene rings is 2. The molecular weight excluding hydrogens is 312 g/mol. The maximum Gasteiger partial charge on any atom is 0.142 e. The van der Waals surface area contributed by atoms with Gasteiger partial charge in [0, 0.05) is 16.7 Å². The van der Waals surface area contributed by atoms with E-state index in [4.69, 9.17) is 11.6 Å². The normalized spacial score (nSPS) is 12.4. The van der Waals surface area contributed by atoms with Gasteiger partial charge in [0.1, 0.15) is 11.6 Å². The van der Waals surface area contributed by atoms with E-state index in [0.29, 0.717) is 6.42 Å². The molecule has 112 valence electrons. The fourth-order valence-corrected chi connectivity index (χ4v) is 3.22. The maximum atomic E-state index is 13.4. The molecule has 0 aliphatic carbocycles. The van der Waals surface area contributed by atoms with Gasteiger partial charge in [0.15, 0.2) is 0 Å². The summed E-state index contributed by atoms with van der Waals surface area (Å²) in [4.78, 5) is 0.876. The van der Waals surface area contributed by atoms with E-state index in [1.165, 1.54) is 18.2 Å². The molecule has 2 aromatic carbocycles. The summed E-state index contributed by atoms with van der Waals surface area (Å²) in [6.07, 6.45) is 0.620. The van der Waals surface area contributed by atoms with E-state index < -0.39 is 5.82 Å². The SMILES string of the molecule is CNC(CSc1cccc(F)c1)Cc1cccc(F)c1Cl. The quantitative estimate of drug-likeness (QED) is 0.782. The van der Waals surface area contributed by atoms with Gasteiger partial charge in [-0.05, 0) is 43.3 Å². The molecule has 0 saturated carbocycles. The van der Waals surface area contributed by atoms with Crippen LogP contribution in [-0.2, 0) is 6.42 Å². The second kappa shape index (κ2) is 7.78. The molecular formula is C16H16ClF2NS. The monoisotopic (exact) mass is 327 g/mol. The van der Waals surface area contributed by atoms with Gasteiger partial charge in [-0.1, -0.05) is 29.8 Å². The van der Waals surface area contributed by atoms with Gasteiger partial charge in [-0.25, -0.2) is 8.78 Å². The van der Waals surface area contributed by atoms with Crippen LogP contribution in [0.15, 0.2) is 47.4 Å². The lowest BCUT2D eigenvalue weighted by Crippen LogP contribution is -2.30. The number of hydrogen-bond donors (Lipinski definition) is 1. The molecule has 0 fully saturated rings. The van der Waals surface area contributed by atoms with Crippen LogP contribution in [0.1, 0.15) is 5.56 Å². The van der Waals surface area contributed by atoms with Crippen LogP contribution in [0, 0.1) is 11.6 Å². The van der Waals surface area contributed by atoms with Crippen molar-refractivity contribution in [1.29, 1.82) is 0 Å². The van der Waals surface area contributed by atoms with Crippen molar-refractivity contribution in [2.45, 2.75) is 17.4 Å². The van der Waals surface area contributed by atoms with Crippen molar-refractivity contribution in [1.82, 2.24) is 5.32 Å². The molecule has 1 unspecified atom stereocenters. The molecule has 1 nitrogen and oxygen atoms in total. The van der Waals surface area contributed by atoms with Gasteiger partial charge in [-0.3, -0.25) is 0 Å². The molecule has 0 aliphatic rings. The number of rotatable bonds is 6. The lowest BCUT2D eigenvalue weighted by molar-refractivity contribution is 0.602. The molecule has 2 rings (SSSR count). The first-order valence-corrected chi connectivity index (χ1v) is 7.95. The van der Waals surface area contributed by atoms with Crippen molar-refractivity contribution in [3.63, 3.8) is 0 Å². The number of halogens is 3. The lowest BCUT2D eigenvalue weighted by atomic mass is 10.1. The van der Waals surface area contributed by atoms with Crippen LogP contribution in [-0.4, -0.2) is 18.8 Å². The van der Waals surface area contributed by atoms with Crippen LogP contribution in [0.5, 0.6) is 0 Å². The van der Waals surface area contributed by atoms with E-state index in [2.05, 4.69) is 5.32 Å². The Morgan fingerprint density at radius 2 is 1.95 bits per heavy atom. The minimum Gasteiger partial charge on any atom is -0.316 e. The molecule has 1 atom stereocenters. The minimum absolute atomic E-state index is 0.123. The van der Waals surface area contributed by atoms with E-state index in [1.54, 1.807) is 23.9 Å². The summed E-state index contributed by atoms with van der Waals surface area (Å²) < 4.78 is 26.6. The molecule has 0 bridgehead atoms. The van der Waals surface area contributed by atoms with Gasteiger partial charge in [-0.15, -0.1) is 11.8 Å². The van der Waals surface area contributed by atoms with Crippen molar-refractivity contribution in [3.05, 3.63) is 64.7 Å². The summed E-state index contributed by atoms with van der Waals surface area (Å²) in [6, 6.07) is 11.4. The second-order valence-corrected chi connectivity index (χ2v) is 6.14. The Hall–Kier alpha value is -1.10. The molecule has 0 amide bonds. The summed E-state index contributed by atoms with van der Waals surface area (Å²) in [5.41, 5.74) is 0.774. The first-order valence-electron chi connectivity index (χ1n) is 6.58. The van der Waals surface area contributed by atoms with Crippen LogP contribution in [0.25, 0.3) is 0 Å². The van der Waals surface area contributed by atoms with Crippen molar-refractivity contribution in [3.8, 4) is 0 Å². The third-order valence-corrected chi connectivity index (χ3v) is 4.73. The number of nitrogens with one attached hydrogen (secondary N) is 1. The van der Waals surface area contributed by atoms with Crippen LogP contribution >= 0.6 is 23.4 Å². The standard InChI is InChI=1S/C16H16ClF2NS/c1-20-13(8-11-4-2-7-15(19)16(11)17)10-21-14-6-3-5-12(18)9-14/h2-7,9,13,20H,8,10H2,1H3. The fourth-order valence-electron chi connectivity index (χ4n) is 1.97. The smallest absolute Gasteiger partial charge is 0.142 e. The predicted molar refractivity (Wildman–Crippen MR) is 85.1 cm³/mol. The number of thioether (sulfide) groups is 1. The molecule has 5 heteroatoms. The zero-order chi connectivity index (χ0) is 15.2. The summed E-state index contributed by atoms with van der Waals surface area (Å²) in [5, 5.41) is 3.36. The second-order valence-electron chi connectivity index (χ2n) is 4.67.